The first-order valence-corrected chi connectivity index (χ1v) is 9.25. The number of likely N-dealkylation sites (N-methyl/N-ethyl adjacent to an activating group) is 1. The Labute approximate surface area is 153 Å². The molecule has 0 aliphatic heterocycles. The summed E-state index contributed by atoms with van der Waals surface area (Å²) >= 11 is 1.69. The normalized spacial score (nSPS) is 12.0. The number of nitrogens with zero attached hydrogens (tertiary/aromatic N) is 1. The van der Waals surface area contributed by atoms with Crippen molar-refractivity contribution < 1.29 is 9.59 Å². The fraction of sp³-hybridized carbons (Fsp3) is 0.368. The highest BCUT2D eigenvalue weighted by Gasteiger charge is 2.16. The number of carbonyl (C=O) groups is 2. The van der Waals surface area contributed by atoms with E-state index in [1.54, 1.807) is 23.5 Å². The second-order valence-electron chi connectivity index (χ2n) is 6.02. The largest absolute Gasteiger partial charge is 0.354 e. The highest BCUT2D eigenvalue weighted by atomic mass is 32.1. The zero-order chi connectivity index (χ0) is 18.1. The van der Waals surface area contributed by atoms with Crippen molar-refractivity contribution >= 4 is 23.2 Å². The van der Waals surface area contributed by atoms with Crippen LogP contribution in [0.4, 0.5) is 0 Å². The monoisotopic (exact) mass is 359 g/mol. The van der Waals surface area contributed by atoms with Crippen molar-refractivity contribution in [2.45, 2.75) is 18.9 Å². The lowest BCUT2D eigenvalue weighted by Gasteiger charge is -2.23. The molecule has 0 fully saturated rings. The van der Waals surface area contributed by atoms with Crippen LogP contribution in [0.2, 0.25) is 0 Å². The third-order valence-electron chi connectivity index (χ3n) is 3.89. The first-order chi connectivity index (χ1) is 12.1. The molecule has 25 heavy (non-hydrogen) atoms. The van der Waals surface area contributed by atoms with E-state index in [4.69, 9.17) is 0 Å². The summed E-state index contributed by atoms with van der Waals surface area (Å²) in [6.07, 6.45) is 1.02. The summed E-state index contributed by atoms with van der Waals surface area (Å²) in [7, 11) is 4.02. The number of amides is 2. The molecular formula is C19H25N3O2S. The molecule has 0 saturated heterocycles. The SMILES string of the molecule is CN(C)C(CNC(=O)CCCNC(=O)c1ccccc1)c1cccs1. The van der Waals surface area contributed by atoms with E-state index >= 15 is 0 Å². The van der Waals surface area contributed by atoms with Gasteiger partial charge in [0.15, 0.2) is 0 Å². The van der Waals surface area contributed by atoms with Crippen molar-refractivity contribution in [1.82, 2.24) is 15.5 Å². The predicted octanol–water partition coefficient (Wildman–Crippen LogP) is 2.68. The van der Waals surface area contributed by atoms with E-state index < -0.39 is 0 Å². The quantitative estimate of drug-likeness (QED) is 0.677. The third kappa shape index (κ3) is 6.32. The molecule has 1 heterocycles. The molecule has 0 aliphatic rings. The van der Waals surface area contributed by atoms with E-state index in [-0.39, 0.29) is 17.9 Å². The van der Waals surface area contributed by atoms with E-state index in [0.717, 1.165) is 0 Å². The molecule has 0 saturated carbocycles. The molecule has 2 N–H and O–H groups in total. The Bertz CT molecular complexity index is 657. The fourth-order valence-corrected chi connectivity index (χ4v) is 3.38. The van der Waals surface area contributed by atoms with Crippen LogP contribution < -0.4 is 10.6 Å². The number of hydrogen-bond donors (Lipinski definition) is 2. The maximum absolute atomic E-state index is 12.0. The number of hydrogen-bond acceptors (Lipinski definition) is 4. The highest BCUT2D eigenvalue weighted by molar-refractivity contribution is 7.10. The van der Waals surface area contributed by atoms with E-state index in [0.29, 0.717) is 31.5 Å². The van der Waals surface area contributed by atoms with Crippen LogP contribution >= 0.6 is 11.3 Å². The van der Waals surface area contributed by atoms with Crippen molar-refractivity contribution in [3.8, 4) is 0 Å². The van der Waals surface area contributed by atoms with Gasteiger partial charge in [-0.1, -0.05) is 24.3 Å². The Kier molecular flexibility index (Phi) is 7.63. The maximum atomic E-state index is 12.0. The van der Waals surface area contributed by atoms with E-state index in [9.17, 15) is 9.59 Å². The first kappa shape index (κ1) is 19.1. The first-order valence-electron chi connectivity index (χ1n) is 8.37. The summed E-state index contributed by atoms with van der Waals surface area (Å²) in [5.74, 6) is -0.0938. The van der Waals surface area contributed by atoms with Gasteiger partial charge in [-0.2, -0.15) is 0 Å². The molecule has 5 nitrogen and oxygen atoms in total. The predicted molar refractivity (Wildman–Crippen MR) is 102 cm³/mol. The molecule has 0 aliphatic carbocycles. The molecule has 6 heteroatoms. The molecular weight excluding hydrogens is 334 g/mol. The number of benzene rings is 1. The molecule has 1 atom stereocenters. The van der Waals surface area contributed by atoms with Crippen molar-refractivity contribution in [3.05, 3.63) is 58.3 Å². The van der Waals surface area contributed by atoms with Crippen molar-refractivity contribution in [2.24, 2.45) is 0 Å². The summed E-state index contributed by atoms with van der Waals surface area (Å²) in [5, 5.41) is 7.86. The number of rotatable bonds is 9. The zero-order valence-corrected chi connectivity index (χ0v) is 15.5. The standard InChI is InChI=1S/C19H25N3O2S/c1-22(2)16(17-10-7-13-25-17)14-21-18(23)11-6-12-20-19(24)15-8-4-3-5-9-15/h3-5,7-10,13,16H,6,11-12,14H2,1-2H3,(H,20,24)(H,21,23). The van der Waals surface area contributed by atoms with E-state index in [2.05, 4.69) is 21.6 Å². The zero-order valence-electron chi connectivity index (χ0n) is 14.7. The topological polar surface area (TPSA) is 61.4 Å². The van der Waals surface area contributed by atoms with Gasteiger partial charge in [-0.25, -0.2) is 0 Å². The van der Waals surface area contributed by atoms with Crippen molar-refractivity contribution in [3.63, 3.8) is 0 Å². The Hall–Kier alpha value is -2.18. The molecule has 0 spiro atoms. The molecule has 1 aromatic carbocycles. The lowest BCUT2D eigenvalue weighted by Crippen LogP contribution is -2.34. The lowest BCUT2D eigenvalue weighted by molar-refractivity contribution is -0.121. The minimum atomic E-state index is -0.105. The molecule has 134 valence electrons. The molecule has 2 amide bonds. The van der Waals surface area contributed by atoms with Gasteiger partial charge in [-0.15, -0.1) is 11.3 Å². The number of nitrogens with one attached hydrogen (secondary N) is 2. The Morgan fingerprint density at radius 3 is 2.48 bits per heavy atom. The van der Waals surface area contributed by atoms with Gasteiger partial charge in [0.05, 0.1) is 6.04 Å². The van der Waals surface area contributed by atoms with E-state index in [1.807, 2.05) is 43.7 Å². The molecule has 2 rings (SSSR count). The van der Waals surface area contributed by atoms with Crippen LogP contribution in [0, 0.1) is 0 Å². The van der Waals surface area contributed by atoms with Crippen LogP contribution in [0.1, 0.15) is 34.1 Å². The van der Waals surface area contributed by atoms with Gasteiger partial charge >= 0.3 is 0 Å². The molecule has 0 bridgehead atoms. The summed E-state index contributed by atoms with van der Waals surface area (Å²) < 4.78 is 0. The van der Waals surface area contributed by atoms with Gasteiger partial charge < -0.3 is 15.5 Å². The van der Waals surface area contributed by atoms with Gasteiger partial charge in [0.25, 0.3) is 5.91 Å². The molecule has 0 radical (unpaired) electrons. The van der Waals surface area contributed by atoms with Crippen LogP contribution in [-0.2, 0) is 4.79 Å². The van der Waals surface area contributed by atoms with Crippen LogP contribution in [0.25, 0.3) is 0 Å². The van der Waals surface area contributed by atoms with Crippen LogP contribution in [0.15, 0.2) is 47.8 Å². The van der Waals surface area contributed by atoms with Crippen LogP contribution in [0.5, 0.6) is 0 Å². The Morgan fingerprint density at radius 2 is 1.84 bits per heavy atom. The van der Waals surface area contributed by atoms with Gasteiger partial charge in [0.2, 0.25) is 5.91 Å². The number of thiophene rings is 1. The second kappa shape index (κ2) is 9.96. The Morgan fingerprint density at radius 1 is 1.08 bits per heavy atom. The number of carbonyl (C=O) groups excluding carboxylic acids is 2. The summed E-state index contributed by atoms with van der Waals surface area (Å²) in [4.78, 5) is 27.2. The minimum absolute atomic E-state index is 0.0115. The summed E-state index contributed by atoms with van der Waals surface area (Å²) in [5.41, 5.74) is 0.636. The van der Waals surface area contributed by atoms with Crippen molar-refractivity contribution in [2.75, 3.05) is 27.2 Å². The maximum Gasteiger partial charge on any atom is 0.251 e. The average molecular weight is 359 g/mol. The molecule has 2 aromatic rings. The van der Waals surface area contributed by atoms with Gasteiger partial charge in [-0.05, 0) is 44.1 Å². The smallest absolute Gasteiger partial charge is 0.251 e. The summed E-state index contributed by atoms with van der Waals surface area (Å²) in [6, 6.07) is 13.4. The van der Waals surface area contributed by atoms with Gasteiger partial charge in [-0.3, -0.25) is 9.59 Å². The lowest BCUT2D eigenvalue weighted by atomic mass is 10.2. The molecule has 1 unspecified atom stereocenters. The second-order valence-corrected chi connectivity index (χ2v) is 7.00. The van der Waals surface area contributed by atoms with Crippen LogP contribution in [0.3, 0.4) is 0 Å². The highest BCUT2D eigenvalue weighted by Crippen LogP contribution is 2.22. The minimum Gasteiger partial charge on any atom is -0.354 e. The van der Waals surface area contributed by atoms with Gasteiger partial charge in [0.1, 0.15) is 0 Å². The Balaban J connectivity index is 1.66. The van der Waals surface area contributed by atoms with Gasteiger partial charge in [0, 0.05) is 30.0 Å². The molecule has 1 aromatic heterocycles. The fourth-order valence-electron chi connectivity index (χ4n) is 2.46. The summed E-state index contributed by atoms with van der Waals surface area (Å²) in [6.45, 7) is 1.08. The van der Waals surface area contributed by atoms with E-state index in [1.165, 1.54) is 4.88 Å². The average Bonchev–Trinajstić information content (AvgIpc) is 3.13. The third-order valence-corrected chi connectivity index (χ3v) is 4.86. The van der Waals surface area contributed by atoms with Crippen molar-refractivity contribution in [1.29, 1.82) is 0 Å². The van der Waals surface area contributed by atoms with Crippen LogP contribution in [-0.4, -0.2) is 43.9 Å².